The first-order chi connectivity index (χ1) is 7.11. The molecule has 3 nitrogen and oxygen atoms in total. The summed E-state index contributed by atoms with van der Waals surface area (Å²) in [5, 5.41) is 9.93. The van der Waals surface area contributed by atoms with Crippen molar-refractivity contribution in [3.05, 3.63) is 27.7 Å². The summed E-state index contributed by atoms with van der Waals surface area (Å²) in [5.41, 5.74) is 7.07. The molecule has 0 spiro atoms. The summed E-state index contributed by atoms with van der Waals surface area (Å²) in [6.45, 7) is 2.36. The van der Waals surface area contributed by atoms with E-state index >= 15 is 0 Å². The molecule has 3 N–H and O–H groups in total. The van der Waals surface area contributed by atoms with Gasteiger partial charge in [0.2, 0.25) is 0 Å². The molecule has 0 aromatic heterocycles. The number of benzene rings is 1. The number of phenols is 1. The molecule has 1 aromatic carbocycles. The van der Waals surface area contributed by atoms with E-state index in [0.29, 0.717) is 12.3 Å². The van der Waals surface area contributed by atoms with Gasteiger partial charge in [0.15, 0.2) is 11.5 Å². The molecule has 0 aliphatic carbocycles. The first kappa shape index (κ1) is 12.1. The van der Waals surface area contributed by atoms with Crippen molar-refractivity contribution in [3.63, 3.8) is 0 Å². The number of aromatic hydroxyl groups is 1. The lowest BCUT2D eigenvalue weighted by Crippen LogP contribution is -1.94. The molecule has 0 unspecified atom stereocenters. The van der Waals surface area contributed by atoms with Crippen molar-refractivity contribution in [1.29, 1.82) is 0 Å². The van der Waals surface area contributed by atoms with Gasteiger partial charge >= 0.3 is 0 Å². The monoisotopic (exact) mass is 271 g/mol. The Bertz CT molecular complexity index is 389. The average Bonchev–Trinajstić information content (AvgIpc) is 2.17. The maximum atomic E-state index is 9.93. The van der Waals surface area contributed by atoms with E-state index in [1.165, 1.54) is 7.11 Å². The zero-order valence-electron chi connectivity index (χ0n) is 8.75. The van der Waals surface area contributed by atoms with Gasteiger partial charge in [-0.25, -0.2) is 0 Å². The van der Waals surface area contributed by atoms with E-state index in [0.717, 1.165) is 15.6 Å². The zero-order valence-corrected chi connectivity index (χ0v) is 10.3. The first-order valence-electron chi connectivity index (χ1n) is 4.54. The standard InChI is InChI=1S/C11H14BrNO2/c1-7-6-9(12)11(15-2)10(14)8(7)4-3-5-13/h3-4,6,14H,5,13H2,1-2H3/b4-3+. The van der Waals surface area contributed by atoms with Crippen LogP contribution in [0, 0.1) is 6.92 Å². The van der Waals surface area contributed by atoms with Gasteiger partial charge in [-0.15, -0.1) is 0 Å². The van der Waals surface area contributed by atoms with E-state index < -0.39 is 0 Å². The van der Waals surface area contributed by atoms with Crippen LogP contribution in [0.5, 0.6) is 11.5 Å². The quantitative estimate of drug-likeness (QED) is 0.888. The fourth-order valence-electron chi connectivity index (χ4n) is 1.35. The molecule has 0 bridgehead atoms. The largest absolute Gasteiger partial charge is 0.504 e. The predicted octanol–water partition coefficient (Wildman–Crippen LogP) is 2.44. The lowest BCUT2D eigenvalue weighted by Gasteiger charge is -2.11. The Morgan fingerprint density at radius 1 is 1.60 bits per heavy atom. The summed E-state index contributed by atoms with van der Waals surface area (Å²) in [7, 11) is 1.52. The number of methoxy groups -OCH3 is 1. The number of hydrogen-bond donors (Lipinski definition) is 2. The third-order valence-electron chi connectivity index (χ3n) is 2.08. The minimum Gasteiger partial charge on any atom is -0.504 e. The first-order valence-corrected chi connectivity index (χ1v) is 5.33. The summed E-state index contributed by atoms with van der Waals surface area (Å²) < 4.78 is 5.83. The number of ether oxygens (including phenoxy) is 1. The molecule has 0 radical (unpaired) electrons. The highest BCUT2D eigenvalue weighted by atomic mass is 79.9. The molecule has 0 aliphatic heterocycles. The Kier molecular flexibility index (Phi) is 4.17. The fourth-order valence-corrected chi connectivity index (χ4v) is 2.04. The molecular weight excluding hydrogens is 258 g/mol. The van der Waals surface area contributed by atoms with Crippen molar-refractivity contribution in [3.8, 4) is 11.5 Å². The second-order valence-corrected chi connectivity index (χ2v) is 3.96. The van der Waals surface area contributed by atoms with Crippen molar-refractivity contribution in [2.24, 2.45) is 5.73 Å². The van der Waals surface area contributed by atoms with Crippen LogP contribution in [-0.4, -0.2) is 18.8 Å². The summed E-state index contributed by atoms with van der Waals surface area (Å²) in [4.78, 5) is 0. The summed E-state index contributed by atoms with van der Waals surface area (Å²) in [5.74, 6) is 0.575. The number of nitrogens with two attached hydrogens (primary N) is 1. The smallest absolute Gasteiger partial charge is 0.175 e. The molecule has 4 heteroatoms. The van der Waals surface area contributed by atoms with E-state index in [9.17, 15) is 5.11 Å². The van der Waals surface area contributed by atoms with Gasteiger partial charge in [-0.3, -0.25) is 0 Å². The number of halogens is 1. The van der Waals surface area contributed by atoms with E-state index in [1.807, 2.05) is 13.0 Å². The minimum atomic E-state index is 0.133. The highest BCUT2D eigenvalue weighted by Gasteiger charge is 2.12. The molecule has 0 saturated carbocycles. The third kappa shape index (κ3) is 2.52. The van der Waals surface area contributed by atoms with Crippen LogP contribution >= 0.6 is 15.9 Å². The molecule has 0 aliphatic rings. The van der Waals surface area contributed by atoms with E-state index in [4.69, 9.17) is 10.5 Å². The number of hydrogen-bond acceptors (Lipinski definition) is 3. The van der Waals surface area contributed by atoms with Crippen molar-refractivity contribution in [2.45, 2.75) is 6.92 Å². The molecular formula is C11H14BrNO2. The fraction of sp³-hybridized carbons (Fsp3) is 0.273. The van der Waals surface area contributed by atoms with Crippen LogP contribution in [0.2, 0.25) is 0 Å². The van der Waals surface area contributed by atoms with Crippen molar-refractivity contribution in [1.82, 2.24) is 0 Å². The zero-order chi connectivity index (χ0) is 11.4. The van der Waals surface area contributed by atoms with Crippen LogP contribution < -0.4 is 10.5 Å². The molecule has 1 rings (SSSR count). The van der Waals surface area contributed by atoms with Gasteiger partial charge in [-0.2, -0.15) is 0 Å². The van der Waals surface area contributed by atoms with Gasteiger partial charge in [0, 0.05) is 12.1 Å². The molecule has 0 saturated heterocycles. The summed E-state index contributed by atoms with van der Waals surface area (Å²) in [6, 6.07) is 1.90. The van der Waals surface area contributed by atoms with Gasteiger partial charge in [0.1, 0.15) is 0 Å². The number of aryl methyl sites for hydroxylation is 1. The van der Waals surface area contributed by atoms with Gasteiger partial charge < -0.3 is 15.6 Å². The van der Waals surface area contributed by atoms with Crippen LogP contribution in [0.15, 0.2) is 16.6 Å². The van der Waals surface area contributed by atoms with Crippen LogP contribution in [0.25, 0.3) is 6.08 Å². The molecule has 0 fully saturated rings. The van der Waals surface area contributed by atoms with Gasteiger partial charge in [-0.1, -0.05) is 12.2 Å². The van der Waals surface area contributed by atoms with Crippen LogP contribution in [-0.2, 0) is 0 Å². The number of phenolic OH excluding ortho intramolecular Hbond substituents is 1. The minimum absolute atomic E-state index is 0.133. The second kappa shape index (κ2) is 5.19. The summed E-state index contributed by atoms with van der Waals surface area (Å²) in [6.07, 6.45) is 3.58. The SMILES string of the molecule is COc1c(Br)cc(C)c(/C=C/CN)c1O. The van der Waals surface area contributed by atoms with Crippen LogP contribution in [0.4, 0.5) is 0 Å². The molecule has 1 aromatic rings. The average molecular weight is 272 g/mol. The molecule has 15 heavy (non-hydrogen) atoms. The lowest BCUT2D eigenvalue weighted by atomic mass is 10.1. The Morgan fingerprint density at radius 2 is 2.27 bits per heavy atom. The van der Waals surface area contributed by atoms with E-state index in [1.54, 1.807) is 12.2 Å². The molecule has 82 valence electrons. The molecule has 0 amide bonds. The maximum absolute atomic E-state index is 9.93. The topological polar surface area (TPSA) is 55.5 Å². The van der Waals surface area contributed by atoms with Crippen molar-refractivity contribution >= 4 is 22.0 Å². The highest BCUT2D eigenvalue weighted by Crippen LogP contribution is 2.39. The lowest BCUT2D eigenvalue weighted by molar-refractivity contribution is 0.370. The highest BCUT2D eigenvalue weighted by molar-refractivity contribution is 9.10. The molecule has 0 heterocycles. The van der Waals surface area contributed by atoms with Gasteiger partial charge in [0.25, 0.3) is 0 Å². The van der Waals surface area contributed by atoms with Crippen molar-refractivity contribution < 1.29 is 9.84 Å². The van der Waals surface area contributed by atoms with E-state index in [-0.39, 0.29) is 5.75 Å². The van der Waals surface area contributed by atoms with Gasteiger partial charge in [-0.05, 0) is 34.5 Å². The second-order valence-electron chi connectivity index (χ2n) is 3.11. The van der Waals surface area contributed by atoms with Crippen LogP contribution in [0.1, 0.15) is 11.1 Å². The normalized spacial score (nSPS) is 10.9. The Labute approximate surface area is 97.7 Å². The number of rotatable bonds is 3. The van der Waals surface area contributed by atoms with Gasteiger partial charge in [0.05, 0.1) is 11.6 Å². The third-order valence-corrected chi connectivity index (χ3v) is 2.67. The summed E-state index contributed by atoms with van der Waals surface area (Å²) >= 11 is 3.33. The molecule has 0 atom stereocenters. The Morgan fingerprint density at radius 3 is 2.80 bits per heavy atom. The predicted molar refractivity (Wildman–Crippen MR) is 65.2 cm³/mol. The maximum Gasteiger partial charge on any atom is 0.175 e. The Hall–Kier alpha value is -1.00. The van der Waals surface area contributed by atoms with Crippen LogP contribution in [0.3, 0.4) is 0 Å². The van der Waals surface area contributed by atoms with E-state index in [2.05, 4.69) is 15.9 Å². The Balaban J connectivity index is 3.32. The van der Waals surface area contributed by atoms with Crippen molar-refractivity contribution in [2.75, 3.05) is 13.7 Å².